The van der Waals surface area contributed by atoms with Gasteiger partial charge in [0.1, 0.15) is 17.4 Å². The number of nitrogens with two attached hydrogens (primary N) is 2. The molecule has 1 aromatic carbocycles. The minimum absolute atomic E-state index is 0.267. The monoisotopic (exact) mass is 327 g/mol. The Morgan fingerprint density at radius 1 is 1.42 bits per heavy atom. The van der Waals surface area contributed by atoms with E-state index in [0.29, 0.717) is 52.2 Å². The van der Waals surface area contributed by atoms with E-state index in [4.69, 9.17) is 16.2 Å². The van der Waals surface area contributed by atoms with Crippen molar-refractivity contribution in [3.8, 4) is 5.75 Å². The van der Waals surface area contributed by atoms with Crippen molar-refractivity contribution in [2.24, 2.45) is 5.73 Å². The summed E-state index contributed by atoms with van der Waals surface area (Å²) in [4.78, 5) is 15.9. The Morgan fingerprint density at radius 3 is 2.83 bits per heavy atom. The molecule has 124 valence electrons. The number of hydrogen-bond acceptors (Lipinski definition) is 4. The van der Waals surface area contributed by atoms with Gasteiger partial charge in [-0.1, -0.05) is 0 Å². The van der Waals surface area contributed by atoms with Gasteiger partial charge in [0.15, 0.2) is 0 Å². The van der Waals surface area contributed by atoms with Gasteiger partial charge >= 0.3 is 0 Å². The summed E-state index contributed by atoms with van der Waals surface area (Å²) in [6, 6.07) is 4.93. The fraction of sp³-hybridized carbons (Fsp3) is 0.222. The van der Waals surface area contributed by atoms with E-state index in [0.717, 1.165) is 0 Å². The summed E-state index contributed by atoms with van der Waals surface area (Å²) < 4.78 is 19.9. The maximum atomic E-state index is 14.2. The number of amides is 1. The van der Waals surface area contributed by atoms with Crippen LogP contribution in [-0.4, -0.2) is 17.5 Å². The lowest BCUT2D eigenvalue weighted by molar-refractivity contribution is -0.114. The zero-order valence-corrected chi connectivity index (χ0v) is 13.5. The first-order valence-electron chi connectivity index (χ1n) is 7.58. The molecule has 1 amide bonds. The summed E-state index contributed by atoms with van der Waals surface area (Å²) in [5, 5.41) is 0. The molecular formula is C18H18FN3O2. The number of fused-ring (bicyclic) bond motifs is 1. The Kier molecular flexibility index (Phi) is 3.97. The Balaban J connectivity index is 2.39. The van der Waals surface area contributed by atoms with Crippen molar-refractivity contribution < 1.29 is 13.9 Å². The van der Waals surface area contributed by atoms with E-state index in [-0.39, 0.29) is 11.6 Å². The number of primary amides is 1. The number of rotatable bonds is 3. The molecule has 0 radical (unpaired) electrons. The Hall–Kier alpha value is -2.89. The van der Waals surface area contributed by atoms with Gasteiger partial charge < -0.3 is 16.2 Å². The van der Waals surface area contributed by atoms with Gasteiger partial charge in [0.25, 0.3) is 0 Å². The van der Waals surface area contributed by atoms with Crippen LogP contribution in [0.4, 0.5) is 10.2 Å². The molecule has 0 saturated carbocycles. The highest BCUT2D eigenvalue weighted by Crippen LogP contribution is 2.42. The van der Waals surface area contributed by atoms with Crippen molar-refractivity contribution in [1.29, 1.82) is 0 Å². The van der Waals surface area contributed by atoms with Crippen molar-refractivity contribution in [2.45, 2.75) is 20.3 Å². The second-order valence-corrected chi connectivity index (χ2v) is 5.76. The van der Waals surface area contributed by atoms with Gasteiger partial charge in [0, 0.05) is 40.5 Å². The molecule has 1 aliphatic rings. The first-order chi connectivity index (χ1) is 11.4. The zero-order valence-electron chi connectivity index (χ0n) is 13.5. The predicted molar refractivity (Wildman–Crippen MR) is 89.9 cm³/mol. The number of aromatic nitrogens is 1. The van der Waals surface area contributed by atoms with Crippen LogP contribution in [0, 0.1) is 12.7 Å². The predicted octanol–water partition coefficient (Wildman–Crippen LogP) is 2.35. The van der Waals surface area contributed by atoms with Gasteiger partial charge in [-0.2, -0.15) is 0 Å². The summed E-state index contributed by atoms with van der Waals surface area (Å²) in [5.74, 6) is -0.169. The highest BCUT2D eigenvalue weighted by Gasteiger charge is 2.27. The molecule has 0 unspecified atom stereocenters. The third-order valence-corrected chi connectivity index (χ3v) is 4.23. The van der Waals surface area contributed by atoms with Crippen LogP contribution in [-0.2, 0) is 11.2 Å². The number of benzene rings is 1. The van der Waals surface area contributed by atoms with Crippen molar-refractivity contribution in [2.75, 3.05) is 12.3 Å². The maximum Gasteiger partial charge on any atom is 0.244 e. The standard InChI is InChI=1S/C18H18FN3O2/c1-9-8-13(19)11-5-7-24-16(11)14(9)15(10(2)18(21)23)12-4-3-6-22-17(12)20/h3-4,6,8H,5,7H2,1-2H3,(H2,20,22)(H2,21,23)/b15-10+. The molecule has 0 atom stereocenters. The number of carbonyl (C=O) groups is 1. The van der Waals surface area contributed by atoms with Crippen LogP contribution < -0.4 is 16.2 Å². The molecular weight excluding hydrogens is 309 g/mol. The van der Waals surface area contributed by atoms with Crippen LogP contribution >= 0.6 is 0 Å². The number of anilines is 1. The second kappa shape index (κ2) is 5.96. The Bertz CT molecular complexity index is 875. The van der Waals surface area contributed by atoms with Gasteiger partial charge in [-0.15, -0.1) is 0 Å². The van der Waals surface area contributed by atoms with Crippen LogP contribution in [0.1, 0.15) is 29.2 Å². The van der Waals surface area contributed by atoms with Gasteiger partial charge in [0.2, 0.25) is 5.91 Å². The van der Waals surface area contributed by atoms with Crippen molar-refractivity contribution in [3.63, 3.8) is 0 Å². The highest BCUT2D eigenvalue weighted by molar-refractivity contribution is 6.05. The number of nitrogen functional groups attached to an aromatic ring is 1. The maximum absolute atomic E-state index is 14.2. The molecule has 4 N–H and O–H groups in total. The van der Waals surface area contributed by atoms with Crippen LogP contribution in [0.25, 0.3) is 5.57 Å². The topological polar surface area (TPSA) is 91.2 Å². The normalized spacial score (nSPS) is 14.0. The van der Waals surface area contributed by atoms with E-state index in [1.165, 1.54) is 6.07 Å². The highest BCUT2D eigenvalue weighted by atomic mass is 19.1. The number of ether oxygens (including phenoxy) is 1. The molecule has 0 bridgehead atoms. The molecule has 2 aromatic rings. The minimum atomic E-state index is -0.580. The van der Waals surface area contributed by atoms with Gasteiger partial charge in [0.05, 0.1) is 6.61 Å². The molecule has 0 spiro atoms. The molecule has 0 fully saturated rings. The third-order valence-electron chi connectivity index (χ3n) is 4.23. The number of aryl methyl sites for hydroxylation is 1. The van der Waals surface area contributed by atoms with E-state index >= 15 is 0 Å². The van der Waals surface area contributed by atoms with Gasteiger partial charge in [-0.3, -0.25) is 4.79 Å². The van der Waals surface area contributed by atoms with Crippen LogP contribution in [0.15, 0.2) is 30.0 Å². The summed E-state index contributed by atoms with van der Waals surface area (Å²) >= 11 is 0. The minimum Gasteiger partial charge on any atom is -0.492 e. The quantitative estimate of drug-likeness (QED) is 0.847. The van der Waals surface area contributed by atoms with Gasteiger partial charge in [-0.05, 0) is 37.6 Å². The fourth-order valence-electron chi connectivity index (χ4n) is 3.02. The average molecular weight is 327 g/mol. The van der Waals surface area contributed by atoms with Crippen molar-refractivity contribution >= 4 is 17.3 Å². The van der Waals surface area contributed by atoms with E-state index < -0.39 is 5.91 Å². The zero-order chi connectivity index (χ0) is 17.4. The van der Waals surface area contributed by atoms with E-state index in [2.05, 4.69) is 4.98 Å². The van der Waals surface area contributed by atoms with Crippen LogP contribution in [0.2, 0.25) is 0 Å². The molecule has 6 heteroatoms. The lowest BCUT2D eigenvalue weighted by atomic mass is 9.88. The van der Waals surface area contributed by atoms with Crippen LogP contribution in [0.3, 0.4) is 0 Å². The molecule has 2 heterocycles. The molecule has 5 nitrogen and oxygen atoms in total. The number of pyridine rings is 1. The molecule has 0 saturated heterocycles. The Morgan fingerprint density at radius 2 is 2.17 bits per heavy atom. The number of carbonyl (C=O) groups excluding carboxylic acids is 1. The lowest BCUT2D eigenvalue weighted by Crippen LogP contribution is -2.15. The van der Waals surface area contributed by atoms with E-state index in [1.807, 2.05) is 0 Å². The number of nitrogens with zero attached hydrogens (tertiary/aromatic N) is 1. The number of halogens is 1. The van der Waals surface area contributed by atoms with Crippen LogP contribution in [0.5, 0.6) is 5.75 Å². The first-order valence-corrected chi connectivity index (χ1v) is 7.58. The molecule has 1 aliphatic heterocycles. The SMILES string of the molecule is C/C(C(N)=O)=C(/c1cccnc1N)c1c(C)cc(F)c2c1OCC2. The second-order valence-electron chi connectivity index (χ2n) is 5.76. The molecule has 1 aromatic heterocycles. The molecule has 3 rings (SSSR count). The van der Waals surface area contributed by atoms with E-state index in [9.17, 15) is 9.18 Å². The van der Waals surface area contributed by atoms with Gasteiger partial charge in [-0.25, -0.2) is 9.37 Å². The number of hydrogen-bond donors (Lipinski definition) is 2. The van der Waals surface area contributed by atoms with E-state index in [1.54, 1.807) is 32.2 Å². The third kappa shape index (κ3) is 2.50. The lowest BCUT2D eigenvalue weighted by Gasteiger charge is -2.18. The molecule has 0 aliphatic carbocycles. The Labute approximate surface area is 139 Å². The molecule has 24 heavy (non-hydrogen) atoms. The summed E-state index contributed by atoms with van der Waals surface area (Å²) in [7, 11) is 0. The fourth-order valence-corrected chi connectivity index (χ4v) is 3.02. The summed E-state index contributed by atoms with van der Waals surface area (Å²) in [5.41, 5.74) is 14.7. The first kappa shape index (κ1) is 16.0. The summed E-state index contributed by atoms with van der Waals surface area (Å²) in [6.07, 6.45) is 2.05. The van der Waals surface area contributed by atoms with Crippen molar-refractivity contribution in [3.05, 3.63) is 58.0 Å². The smallest absolute Gasteiger partial charge is 0.244 e. The summed E-state index contributed by atoms with van der Waals surface area (Å²) in [6.45, 7) is 3.78. The largest absolute Gasteiger partial charge is 0.492 e. The average Bonchev–Trinajstić information content (AvgIpc) is 3.01. The van der Waals surface area contributed by atoms with Crippen molar-refractivity contribution in [1.82, 2.24) is 4.98 Å².